The summed E-state index contributed by atoms with van der Waals surface area (Å²) in [5.41, 5.74) is -1.87. The molecule has 216 valence electrons. The van der Waals surface area contributed by atoms with Gasteiger partial charge in [-0.1, -0.05) is 0 Å². The molecule has 1 rings (SSSR count). The van der Waals surface area contributed by atoms with Gasteiger partial charge in [0.15, 0.2) is 0 Å². The van der Waals surface area contributed by atoms with E-state index in [1.807, 2.05) is 0 Å². The van der Waals surface area contributed by atoms with Crippen LogP contribution in [0.1, 0.15) is 33.3 Å². The Morgan fingerprint density at radius 1 is 1.11 bits per heavy atom. The largest absolute Gasteiger partial charge is 0.465 e. The highest BCUT2D eigenvalue weighted by atomic mass is 16.6. The summed E-state index contributed by atoms with van der Waals surface area (Å²) in [6, 6.07) is -0.781. The van der Waals surface area contributed by atoms with Crippen molar-refractivity contribution in [3.8, 4) is 0 Å². The molecule has 14 heteroatoms. The lowest BCUT2D eigenvalue weighted by Crippen LogP contribution is -2.51. The number of ether oxygens (including phenoxy) is 5. The molecule has 0 saturated carbocycles. The Balaban J connectivity index is 3.04. The van der Waals surface area contributed by atoms with E-state index in [-0.39, 0.29) is 38.5 Å². The Kier molecular flexibility index (Phi) is 14.3. The summed E-state index contributed by atoms with van der Waals surface area (Å²) in [6.07, 6.45) is 0.517. The second-order valence-corrected chi connectivity index (χ2v) is 9.30. The van der Waals surface area contributed by atoms with Crippen molar-refractivity contribution < 1.29 is 38.1 Å². The molecule has 2 amide bonds. The van der Waals surface area contributed by atoms with Crippen molar-refractivity contribution in [3.63, 3.8) is 0 Å². The number of hydrogen-bond donors (Lipinski definition) is 2. The topological polar surface area (TPSA) is 167 Å². The maximum atomic E-state index is 13.2. The molecule has 0 aliphatic rings. The normalized spacial score (nSPS) is 12.1. The van der Waals surface area contributed by atoms with Gasteiger partial charge in [-0.05, 0) is 34.6 Å². The summed E-state index contributed by atoms with van der Waals surface area (Å²) in [7, 11) is 1.56. The fraction of sp³-hybridized carbons (Fsp3) is 0.708. The average Bonchev–Trinajstić information content (AvgIpc) is 2.80. The number of nitrogens with one attached hydrogen (secondary N) is 2. The summed E-state index contributed by atoms with van der Waals surface area (Å²) in [5.74, 6) is -1.29. The molecular weight excluding hydrogens is 504 g/mol. The van der Waals surface area contributed by atoms with Gasteiger partial charge in [-0.2, -0.15) is 0 Å². The molecule has 1 aromatic rings. The van der Waals surface area contributed by atoms with Gasteiger partial charge < -0.3 is 33.9 Å². The fourth-order valence-corrected chi connectivity index (χ4v) is 3.07. The van der Waals surface area contributed by atoms with Crippen molar-refractivity contribution in [2.75, 3.05) is 59.8 Å². The third-order valence-electron chi connectivity index (χ3n) is 4.76. The maximum absolute atomic E-state index is 13.2. The molecule has 1 heterocycles. The number of alkyl carbamates (subject to hydrolysis) is 1. The Bertz CT molecular complexity index is 1010. The predicted octanol–water partition coefficient (Wildman–Crippen LogP) is -0.190. The summed E-state index contributed by atoms with van der Waals surface area (Å²) in [5, 5.41) is 2.66. The third kappa shape index (κ3) is 13.4. The zero-order valence-corrected chi connectivity index (χ0v) is 23.0. The smallest absolute Gasteiger partial charge is 0.408 e. The summed E-state index contributed by atoms with van der Waals surface area (Å²) in [6.45, 7) is 8.57. The van der Waals surface area contributed by atoms with Gasteiger partial charge in [0.25, 0.3) is 5.56 Å². The van der Waals surface area contributed by atoms with E-state index < -0.39 is 54.0 Å². The summed E-state index contributed by atoms with van der Waals surface area (Å²) < 4.78 is 27.2. The first-order chi connectivity index (χ1) is 17.9. The van der Waals surface area contributed by atoms with Crippen LogP contribution in [0.4, 0.5) is 4.79 Å². The number of aryl methyl sites for hydroxylation is 1. The van der Waals surface area contributed by atoms with Crippen LogP contribution in [0.3, 0.4) is 0 Å². The molecule has 0 fully saturated rings. The highest BCUT2D eigenvalue weighted by molar-refractivity contribution is 5.82. The maximum Gasteiger partial charge on any atom is 0.408 e. The number of amides is 2. The Morgan fingerprint density at radius 2 is 1.76 bits per heavy atom. The van der Waals surface area contributed by atoms with Crippen molar-refractivity contribution in [1.82, 2.24) is 19.8 Å². The van der Waals surface area contributed by atoms with Crippen LogP contribution in [0.15, 0.2) is 15.8 Å². The van der Waals surface area contributed by atoms with E-state index in [0.717, 1.165) is 9.47 Å². The van der Waals surface area contributed by atoms with E-state index in [2.05, 4.69) is 10.3 Å². The van der Waals surface area contributed by atoms with Crippen LogP contribution in [-0.4, -0.2) is 104 Å². The van der Waals surface area contributed by atoms with E-state index >= 15 is 0 Å². The molecule has 14 nitrogen and oxygen atoms in total. The first kappa shape index (κ1) is 32.8. The van der Waals surface area contributed by atoms with E-state index in [9.17, 15) is 24.0 Å². The zero-order valence-electron chi connectivity index (χ0n) is 23.0. The molecule has 1 atom stereocenters. The highest BCUT2D eigenvalue weighted by Gasteiger charge is 2.26. The standard InChI is InChI=1S/C24H40N4O10/c1-7-37-20(30)15-27(19(29)14-28-12-17(2)21(31)26-22(28)32)13-18(25-23(33)38-24(3,4)5)16-36-11-10-35-9-8-34-6/h12,18H,7-11,13-16H2,1-6H3,(H,25,33)(H,26,31,32)/t18-/m1/s1. The number of carbonyl (C=O) groups is 3. The SMILES string of the molecule is CCOC(=O)CN(C[C@H](COCCOCCOC)NC(=O)OC(C)(C)C)C(=O)Cn1cc(C)c(=O)[nH]c1=O. The van der Waals surface area contributed by atoms with Crippen molar-refractivity contribution in [2.45, 2.75) is 52.8 Å². The minimum Gasteiger partial charge on any atom is -0.465 e. The van der Waals surface area contributed by atoms with Crippen LogP contribution in [0.2, 0.25) is 0 Å². The van der Waals surface area contributed by atoms with Crippen molar-refractivity contribution in [3.05, 3.63) is 32.6 Å². The number of esters is 1. The molecule has 0 saturated heterocycles. The predicted molar refractivity (Wildman–Crippen MR) is 136 cm³/mol. The van der Waals surface area contributed by atoms with Gasteiger partial charge in [0.2, 0.25) is 5.91 Å². The molecule has 0 aliphatic heterocycles. The highest BCUT2D eigenvalue weighted by Crippen LogP contribution is 2.08. The van der Waals surface area contributed by atoms with Crippen molar-refractivity contribution in [2.24, 2.45) is 0 Å². The summed E-state index contributed by atoms with van der Waals surface area (Å²) in [4.78, 5) is 65.0. The van der Waals surface area contributed by atoms with E-state index in [1.165, 1.54) is 13.1 Å². The molecule has 0 bridgehead atoms. The monoisotopic (exact) mass is 544 g/mol. The minimum atomic E-state index is -0.781. The van der Waals surface area contributed by atoms with E-state index in [4.69, 9.17) is 23.7 Å². The number of nitrogens with zero attached hydrogens (tertiary/aromatic N) is 2. The lowest BCUT2D eigenvalue weighted by atomic mass is 10.2. The van der Waals surface area contributed by atoms with Crippen LogP contribution >= 0.6 is 0 Å². The fourth-order valence-electron chi connectivity index (χ4n) is 3.07. The van der Waals surface area contributed by atoms with Gasteiger partial charge in [0.1, 0.15) is 18.7 Å². The number of aromatic amines is 1. The number of H-pyrrole nitrogens is 1. The molecule has 0 unspecified atom stereocenters. The van der Waals surface area contributed by atoms with Gasteiger partial charge in [-0.25, -0.2) is 9.59 Å². The van der Waals surface area contributed by atoms with Gasteiger partial charge in [0, 0.05) is 25.4 Å². The second-order valence-electron chi connectivity index (χ2n) is 9.30. The van der Waals surface area contributed by atoms with Gasteiger partial charge in [-0.3, -0.25) is 23.9 Å². The Labute approximate surface area is 221 Å². The van der Waals surface area contributed by atoms with Crippen LogP contribution < -0.4 is 16.6 Å². The zero-order chi connectivity index (χ0) is 28.7. The van der Waals surface area contributed by atoms with Crippen LogP contribution in [0.5, 0.6) is 0 Å². The lowest BCUT2D eigenvalue weighted by Gasteiger charge is -2.29. The second kappa shape index (κ2) is 16.6. The summed E-state index contributed by atoms with van der Waals surface area (Å²) >= 11 is 0. The molecule has 1 aromatic heterocycles. The molecule has 0 aromatic carbocycles. The van der Waals surface area contributed by atoms with Crippen molar-refractivity contribution >= 4 is 18.0 Å². The average molecular weight is 545 g/mol. The molecule has 0 radical (unpaired) electrons. The molecule has 2 N–H and O–H groups in total. The minimum absolute atomic E-state index is 0.0306. The lowest BCUT2D eigenvalue weighted by molar-refractivity contribution is -0.149. The molecule has 38 heavy (non-hydrogen) atoms. The van der Waals surface area contributed by atoms with Crippen LogP contribution in [-0.2, 0) is 39.8 Å². The molecular formula is C24H40N4O10. The molecule has 0 aliphatic carbocycles. The van der Waals surface area contributed by atoms with Gasteiger partial charge >= 0.3 is 17.8 Å². The van der Waals surface area contributed by atoms with Crippen LogP contribution in [0.25, 0.3) is 0 Å². The van der Waals surface area contributed by atoms with Gasteiger partial charge in [-0.15, -0.1) is 0 Å². The number of aromatic nitrogens is 2. The number of carbonyl (C=O) groups excluding carboxylic acids is 3. The van der Waals surface area contributed by atoms with E-state index in [0.29, 0.717) is 13.2 Å². The van der Waals surface area contributed by atoms with Gasteiger partial charge in [0.05, 0.1) is 45.7 Å². The number of methoxy groups -OCH3 is 1. The number of rotatable bonds is 16. The quantitative estimate of drug-likeness (QED) is 0.210. The first-order valence-electron chi connectivity index (χ1n) is 12.2. The van der Waals surface area contributed by atoms with E-state index in [1.54, 1.807) is 34.8 Å². The molecule has 0 spiro atoms. The first-order valence-corrected chi connectivity index (χ1v) is 12.2. The Morgan fingerprint density at radius 3 is 2.39 bits per heavy atom. The van der Waals surface area contributed by atoms with Crippen LogP contribution in [0, 0.1) is 6.92 Å². The number of hydrogen-bond acceptors (Lipinski definition) is 10. The third-order valence-corrected chi connectivity index (χ3v) is 4.76. The Hall–Kier alpha value is -3.23. The van der Waals surface area contributed by atoms with Crippen molar-refractivity contribution in [1.29, 1.82) is 0 Å².